The Labute approximate surface area is 130 Å². The van der Waals surface area contributed by atoms with E-state index in [1.54, 1.807) is 24.1 Å². The van der Waals surface area contributed by atoms with E-state index >= 15 is 0 Å². The Morgan fingerprint density at radius 2 is 2.33 bits per heavy atom. The predicted molar refractivity (Wildman–Crippen MR) is 79.5 cm³/mol. The highest BCUT2D eigenvalue weighted by Gasteiger charge is 2.42. The molecule has 4 nitrogen and oxygen atoms in total. The zero-order chi connectivity index (χ0) is 15.0. The highest BCUT2D eigenvalue weighted by Crippen LogP contribution is 2.44. The zero-order valence-corrected chi connectivity index (χ0v) is 13.2. The van der Waals surface area contributed by atoms with Crippen LogP contribution in [0.4, 0.5) is 4.39 Å². The largest absolute Gasteiger partial charge is 0.383 e. The average Bonchev–Trinajstić information content (AvgIpc) is 2.98. The van der Waals surface area contributed by atoms with Gasteiger partial charge < -0.3 is 9.84 Å². The van der Waals surface area contributed by atoms with Crippen molar-refractivity contribution < 1.29 is 14.2 Å². The normalized spacial score (nSPS) is 20.8. The van der Waals surface area contributed by atoms with Gasteiger partial charge in [-0.2, -0.15) is 5.10 Å². The van der Waals surface area contributed by atoms with Crippen molar-refractivity contribution in [3.05, 3.63) is 51.5 Å². The molecular weight excluding hydrogens is 339 g/mol. The van der Waals surface area contributed by atoms with Gasteiger partial charge in [0.2, 0.25) is 0 Å². The molecule has 0 saturated carbocycles. The van der Waals surface area contributed by atoms with E-state index in [1.807, 2.05) is 0 Å². The number of aromatic nitrogens is 2. The molecule has 1 aromatic carbocycles. The summed E-state index contributed by atoms with van der Waals surface area (Å²) in [5, 5.41) is 15.5. The minimum absolute atomic E-state index is 0.273. The van der Waals surface area contributed by atoms with Crippen LogP contribution in [0.25, 0.3) is 0 Å². The van der Waals surface area contributed by atoms with Crippen molar-refractivity contribution in [3.63, 3.8) is 0 Å². The average molecular weight is 355 g/mol. The molecule has 1 aliphatic carbocycles. The predicted octanol–water partition coefficient (Wildman–Crippen LogP) is 2.61. The maximum absolute atomic E-state index is 13.4. The van der Waals surface area contributed by atoms with E-state index in [9.17, 15) is 9.50 Å². The first kappa shape index (κ1) is 14.7. The molecule has 0 fully saturated rings. The first-order valence-electron chi connectivity index (χ1n) is 6.78. The van der Waals surface area contributed by atoms with Crippen molar-refractivity contribution in [2.75, 3.05) is 13.7 Å². The number of aliphatic hydroxyl groups is 1. The van der Waals surface area contributed by atoms with Crippen LogP contribution in [-0.4, -0.2) is 28.6 Å². The van der Waals surface area contributed by atoms with Crippen LogP contribution < -0.4 is 0 Å². The quantitative estimate of drug-likeness (QED) is 0.917. The minimum Gasteiger partial charge on any atom is -0.383 e. The molecule has 6 heteroatoms. The minimum atomic E-state index is -1.15. The van der Waals surface area contributed by atoms with Crippen LogP contribution in [0, 0.1) is 5.82 Å². The van der Waals surface area contributed by atoms with Crippen molar-refractivity contribution in [1.82, 2.24) is 9.78 Å². The third-order valence-corrected chi connectivity index (χ3v) is 4.54. The van der Waals surface area contributed by atoms with Crippen LogP contribution in [0.5, 0.6) is 0 Å². The van der Waals surface area contributed by atoms with E-state index < -0.39 is 5.60 Å². The van der Waals surface area contributed by atoms with Gasteiger partial charge in [-0.1, -0.05) is 6.07 Å². The summed E-state index contributed by atoms with van der Waals surface area (Å²) >= 11 is 3.46. The van der Waals surface area contributed by atoms with Gasteiger partial charge in [0.15, 0.2) is 0 Å². The van der Waals surface area contributed by atoms with Gasteiger partial charge in [0.1, 0.15) is 11.4 Å². The molecule has 1 N–H and O–H groups in total. The molecule has 2 aromatic rings. The maximum Gasteiger partial charge on any atom is 0.133 e. The topological polar surface area (TPSA) is 47.3 Å². The van der Waals surface area contributed by atoms with Crippen LogP contribution in [0.1, 0.15) is 23.2 Å². The van der Waals surface area contributed by atoms with Crippen LogP contribution in [0.3, 0.4) is 0 Å². The van der Waals surface area contributed by atoms with Crippen molar-refractivity contribution in [1.29, 1.82) is 0 Å². The van der Waals surface area contributed by atoms with Gasteiger partial charge in [0.25, 0.3) is 0 Å². The number of aryl methyl sites for hydroxylation is 1. The Kier molecular flexibility index (Phi) is 3.86. The fourth-order valence-electron chi connectivity index (χ4n) is 2.99. The molecule has 0 radical (unpaired) electrons. The van der Waals surface area contributed by atoms with Gasteiger partial charge in [-0.15, -0.1) is 0 Å². The number of nitrogens with zero attached hydrogens (tertiary/aromatic N) is 2. The Balaban J connectivity index is 2.07. The Morgan fingerprint density at radius 1 is 1.52 bits per heavy atom. The highest BCUT2D eigenvalue weighted by atomic mass is 79.9. The lowest BCUT2D eigenvalue weighted by molar-refractivity contribution is 0.0695. The molecule has 112 valence electrons. The SMILES string of the molecule is COCCn1ncc(Br)c1C1(O)CCc2cc(F)ccc21. The highest BCUT2D eigenvalue weighted by molar-refractivity contribution is 9.10. The van der Waals surface area contributed by atoms with Gasteiger partial charge in [-0.3, -0.25) is 4.68 Å². The van der Waals surface area contributed by atoms with E-state index in [0.717, 1.165) is 15.6 Å². The molecule has 1 heterocycles. The molecule has 1 aliphatic rings. The lowest BCUT2D eigenvalue weighted by Gasteiger charge is -2.26. The Hall–Kier alpha value is -1.24. The van der Waals surface area contributed by atoms with E-state index in [2.05, 4.69) is 21.0 Å². The smallest absolute Gasteiger partial charge is 0.133 e. The van der Waals surface area contributed by atoms with Gasteiger partial charge >= 0.3 is 0 Å². The third kappa shape index (κ3) is 2.41. The summed E-state index contributed by atoms with van der Waals surface area (Å²) in [6, 6.07) is 4.55. The fourth-order valence-corrected chi connectivity index (χ4v) is 3.61. The number of rotatable bonds is 4. The van der Waals surface area contributed by atoms with Crippen molar-refractivity contribution in [3.8, 4) is 0 Å². The first-order chi connectivity index (χ1) is 10.1. The number of halogens is 2. The fraction of sp³-hybridized carbons (Fsp3) is 0.400. The molecule has 0 saturated heterocycles. The summed E-state index contributed by atoms with van der Waals surface area (Å²) in [6.45, 7) is 1.06. The molecular formula is C15H16BrFN2O2. The summed E-state index contributed by atoms with van der Waals surface area (Å²) in [7, 11) is 1.63. The molecule has 3 rings (SSSR count). The van der Waals surface area contributed by atoms with Gasteiger partial charge in [-0.25, -0.2) is 4.39 Å². The van der Waals surface area contributed by atoms with Crippen LogP contribution in [0.15, 0.2) is 28.9 Å². The van der Waals surface area contributed by atoms with Crippen LogP contribution in [-0.2, 0) is 23.3 Å². The summed E-state index contributed by atoms with van der Waals surface area (Å²) in [6.07, 6.45) is 2.83. The monoisotopic (exact) mass is 354 g/mol. The molecule has 1 atom stereocenters. The number of hydrogen-bond acceptors (Lipinski definition) is 3. The van der Waals surface area contributed by atoms with Gasteiger partial charge in [0.05, 0.1) is 29.5 Å². The van der Waals surface area contributed by atoms with Crippen LogP contribution >= 0.6 is 15.9 Å². The van der Waals surface area contributed by atoms with E-state index in [-0.39, 0.29) is 5.82 Å². The van der Waals surface area contributed by atoms with E-state index in [1.165, 1.54) is 12.1 Å². The molecule has 21 heavy (non-hydrogen) atoms. The summed E-state index contributed by atoms with van der Waals surface area (Å²) in [4.78, 5) is 0. The zero-order valence-electron chi connectivity index (χ0n) is 11.6. The van der Waals surface area contributed by atoms with Gasteiger partial charge in [-0.05, 0) is 52.0 Å². The van der Waals surface area contributed by atoms with E-state index in [0.29, 0.717) is 31.7 Å². The molecule has 1 unspecified atom stereocenters. The van der Waals surface area contributed by atoms with E-state index in [4.69, 9.17) is 4.74 Å². The molecule has 0 aliphatic heterocycles. The van der Waals surface area contributed by atoms with Crippen molar-refractivity contribution in [2.45, 2.75) is 25.0 Å². The maximum atomic E-state index is 13.4. The van der Waals surface area contributed by atoms with Crippen molar-refractivity contribution in [2.24, 2.45) is 0 Å². The second-order valence-electron chi connectivity index (χ2n) is 5.22. The van der Waals surface area contributed by atoms with Gasteiger partial charge in [0, 0.05) is 7.11 Å². The van der Waals surface area contributed by atoms with Crippen LogP contribution in [0.2, 0.25) is 0 Å². The molecule has 0 bridgehead atoms. The standard InChI is InChI=1S/C15H16BrFN2O2/c1-21-7-6-19-14(13(16)9-18-19)15(20)5-4-10-8-11(17)2-3-12(10)15/h2-3,8-9,20H,4-7H2,1H3. The number of ether oxygens (including phenoxy) is 1. The third-order valence-electron chi connectivity index (χ3n) is 3.96. The Morgan fingerprint density at radius 3 is 3.10 bits per heavy atom. The second kappa shape index (κ2) is 5.51. The summed E-state index contributed by atoms with van der Waals surface area (Å²) < 4.78 is 20.9. The van der Waals surface area contributed by atoms with Crippen molar-refractivity contribution >= 4 is 15.9 Å². The first-order valence-corrected chi connectivity index (χ1v) is 7.57. The Bertz CT molecular complexity index is 674. The number of benzene rings is 1. The summed E-state index contributed by atoms with van der Waals surface area (Å²) in [5.41, 5.74) is 1.16. The molecule has 0 spiro atoms. The lowest BCUT2D eigenvalue weighted by atomic mass is 9.92. The summed E-state index contributed by atoms with van der Waals surface area (Å²) in [5.74, 6) is -0.273. The lowest BCUT2D eigenvalue weighted by Crippen LogP contribution is -2.29. The second-order valence-corrected chi connectivity index (χ2v) is 6.07. The number of hydrogen-bond donors (Lipinski definition) is 1. The number of fused-ring (bicyclic) bond motifs is 1. The number of methoxy groups -OCH3 is 1. The molecule has 1 aromatic heterocycles. The molecule has 0 amide bonds.